The fourth-order valence-corrected chi connectivity index (χ4v) is 2.21. The summed E-state index contributed by atoms with van der Waals surface area (Å²) < 4.78 is 5.21. The SMILES string of the molecule is C=CC1C(OC)C(N)C1C(=O)CCC. The molecule has 1 aliphatic rings. The molecule has 0 heterocycles. The average Bonchev–Trinajstić information content (AvgIpc) is 2.15. The monoisotopic (exact) mass is 197 g/mol. The number of carbonyl (C=O) groups is 1. The number of ether oxygens (including phenoxy) is 1. The highest BCUT2D eigenvalue weighted by molar-refractivity contribution is 5.83. The number of Topliss-reactive ketones (excluding diaryl/α,β-unsaturated/α-hetero) is 1. The molecule has 0 aromatic carbocycles. The maximum absolute atomic E-state index is 11.7. The van der Waals surface area contributed by atoms with Crippen molar-refractivity contribution in [2.24, 2.45) is 17.6 Å². The van der Waals surface area contributed by atoms with Crippen molar-refractivity contribution in [3.63, 3.8) is 0 Å². The topological polar surface area (TPSA) is 52.3 Å². The summed E-state index contributed by atoms with van der Waals surface area (Å²) in [7, 11) is 1.63. The Balaban J connectivity index is 2.62. The number of nitrogens with two attached hydrogens (primary N) is 1. The third kappa shape index (κ3) is 1.74. The molecule has 4 atom stereocenters. The average molecular weight is 197 g/mol. The number of hydrogen-bond acceptors (Lipinski definition) is 3. The molecule has 2 N–H and O–H groups in total. The molecule has 0 aromatic heterocycles. The largest absolute Gasteiger partial charge is 0.379 e. The smallest absolute Gasteiger partial charge is 0.138 e. The molecule has 0 spiro atoms. The van der Waals surface area contributed by atoms with Crippen molar-refractivity contribution < 1.29 is 9.53 Å². The minimum absolute atomic E-state index is 0.0293. The van der Waals surface area contributed by atoms with Gasteiger partial charge in [0.1, 0.15) is 5.78 Å². The van der Waals surface area contributed by atoms with Gasteiger partial charge in [-0.1, -0.05) is 13.0 Å². The van der Waals surface area contributed by atoms with Crippen LogP contribution < -0.4 is 5.73 Å². The molecule has 1 rings (SSSR count). The van der Waals surface area contributed by atoms with Crippen LogP contribution in [0, 0.1) is 11.8 Å². The third-order valence-electron chi connectivity index (χ3n) is 3.00. The van der Waals surface area contributed by atoms with E-state index in [0.29, 0.717) is 6.42 Å². The van der Waals surface area contributed by atoms with Crippen LogP contribution in [0.15, 0.2) is 12.7 Å². The van der Waals surface area contributed by atoms with Crippen LogP contribution in [0.4, 0.5) is 0 Å². The molecule has 3 heteroatoms. The van der Waals surface area contributed by atoms with Gasteiger partial charge in [-0.2, -0.15) is 0 Å². The lowest BCUT2D eigenvalue weighted by atomic mass is 9.64. The summed E-state index contributed by atoms with van der Waals surface area (Å²) in [6, 6.07) is -0.151. The Kier molecular flexibility index (Phi) is 3.84. The standard InChI is InChI=1S/C11H19NO2/c1-4-6-8(13)9-7(5-2)11(14-3)10(9)12/h5,7,9-11H,2,4,6,12H2,1,3H3. The van der Waals surface area contributed by atoms with Crippen LogP contribution in [0.25, 0.3) is 0 Å². The Morgan fingerprint density at radius 3 is 2.71 bits per heavy atom. The van der Waals surface area contributed by atoms with Gasteiger partial charge in [-0.15, -0.1) is 6.58 Å². The van der Waals surface area contributed by atoms with E-state index in [9.17, 15) is 4.79 Å². The molecule has 1 saturated carbocycles. The minimum Gasteiger partial charge on any atom is -0.379 e. The summed E-state index contributed by atoms with van der Waals surface area (Å²) in [6.07, 6.45) is 3.25. The predicted octanol–water partition coefficient (Wildman–Crippen LogP) is 1.13. The summed E-state index contributed by atoms with van der Waals surface area (Å²) in [4.78, 5) is 11.7. The molecule has 3 nitrogen and oxygen atoms in total. The normalized spacial score (nSPS) is 36.2. The maximum atomic E-state index is 11.7. The molecule has 14 heavy (non-hydrogen) atoms. The van der Waals surface area contributed by atoms with E-state index in [1.807, 2.05) is 6.92 Å². The Bertz CT molecular complexity index is 227. The van der Waals surface area contributed by atoms with Gasteiger partial charge in [0.2, 0.25) is 0 Å². The number of carbonyl (C=O) groups excluding carboxylic acids is 1. The van der Waals surface area contributed by atoms with Crippen LogP contribution in [-0.2, 0) is 9.53 Å². The van der Waals surface area contributed by atoms with E-state index in [4.69, 9.17) is 10.5 Å². The van der Waals surface area contributed by atoms with Gasteiger partial charge in [0.25, 0.3) is 0 Å². The molecule has 0 aromatic rings. The zero-order valence-corrected chi connectivity index (χ0v) is 8.90. The van der Waals surface area contributed by atoms with Crippen molar-refractivity contribution >= 4 is 5.78 Å². The van der Waals surface area contributed by atoms with Gasteiger partial charge in [-0.25, -0.2) is 0 Å². The molecule has 1 aliphatic carbocycles. The number of methoxy groups -OCH3 is 1. The number of ketones is 1. The Labute approximate surface area is 85.3 Å². The Morgan fingerprint density at radius 1 is 1.64 bits per heavy atom. The Morgan fingerprint density at radius 2 is 2.29 bits per heavy atom. The van der Waals surface area contributed by atoms with Gasteiger partial charge in [0.05, 0.1) is 6.10 Å². The summed E-state index contributed by atoms with van der Waals surface area (Å²) >= 11 is 0. The second kappa shape index (κ2) is 4.71. The molecule has 0 bridgehead atoms. The van der Waals surface area contributed by atoms with Crippen molar-refractivity contribution in [2.45, 2.75) is 31.9 Å². The van der Waals surface area contributed by atoms with E-state index in [-0.39, 0.29) is 29.8 Å². The van der Waals surface area contributed by atoms with Gasteiger partial charge >= 0.3 is 0 Å². The maximum Gasteiger partial charge on any atom is 0.138 e. The molecular formula is C11H19NO2. The quantitative estimate of drug-likeness (QED) is 0.672. The molecule has 0 radical (unpaired) electrons. The number of hydrogen-bond donors (Lipinski definition) is 1. The van der Waals surface area contributed by atoms with E-state index in [1.54, 1.807) is 13.2 Å². The van der Waals surface area contributed by atoms with Crippen LogP contribution in [0.1, 0.15) is 19.8 Å². The van der Waals surface area contributed by atoms with Crippen molar-refractivity contribution in [2.75, 3.05) is 7.11 Å². The van der Waals surface area contributed by atoms with E-state index < -0.39 is 0 Å². The second-order valence-electron chi connectivity index (χ2n) is 3.83. The van der Waals surface area contributed by atoms with Crippen molar-refractivity contribution in [3.8, 4) is 0 Å². The fraction of sp³-hybridized carbons (Fsp3) is 0.727. The highest BCUT2D eigenvalue weighted by atomic mass is 16.5. The van der Waals surface area contributed by atoms with E-state index >= 15 is 0 Å². The Hall–Kier alpha value is -0.670. The molecule has 0 aliphatic heterocycles. The summed E-state index contributed by atoms with van der Waals surface area (Å²) in [5, 5.41) is 0. The summed E-state index contributed by atoms with van der Waals surface area (Å²) in [6.45, 7) is 5.72. The third-order valence-corrected chi connectivity index (χ3v) is 3.00. The summed E-state index contributed by atoms with van der Waals surface area (Å²) in [5.41, 5.74) is 5.88. The molecule has 4 unspecified atom stereocenters. The van der Waals surface area contributed by atoms with Crippen molar-refractivity contribution in [3.05, 3.63) is 12.7 Å². The molecule has 80 valence electrons. The first-order valence-electron chi connectivity index (χ1n) is 5.11. The predicted molar refractivity (Wildman–Crippen MR) is 55.9 cm³/mol. The summed E-state index contributed by atoms with van der Waals surface area (Å²) in [5.74, 6) is 0.282. The zero-order valence-electron chi connectivity index (χ0n) is 8.90. The van der Waals surface area contributed by atoms with Gasteiger partial charge in [0.15, 0.2) is 0 Å². The van der Waals surface area contributed by atoms with Crippen molar-refractivity contribution in [1.82, 2.24) is 0 Å². The second-order valence-corrected chi connectivity index (χ2v) is 3.83. The van der Waals surface area contributed by atoms with Crippen molar-refractivity contribution in [1.29, 1.82) is 0 Å². The fourth-order valence-electron chi connectivity index (χ4n) is 2.21. The zero-order chi connectivity index (χ0) is 10.7. The first kappa shape index (κ1) is 11.4. The molecule has 0 amide bonds. The first-order chi connectivity index (χ1) is 6.67. The van der Waals surface area contributed by atoms with Crippen LogP contribution in [0.5, 0.6) is 0 Å². The highest BCUT2D eigenvalue weighted by Crippen LogP contribution is 2.38. The van der Waals surface area contributed by atoms with Crippen LogP contribution in [0.3, 0.4) is 0 Å². The van der Waals surface area contributed by atoms with Crippen LogP contribution in [-0.4, -0.2) is 25.0 Å². The first-order valence-corrected chi connectivity index (χ1v) is 5.11. The number of rotatable bonds is 5. The minimum atomic E-state index is -0.151. The van der Waals surface area contributed by atoms with E-state index in [1.165, 1.54) is 0 Å². The molecule has 0 saturated heterocycles. The highest BCUT2D eigenvalue weighted by Gasteiger charge is 2.50. The van der Waals surface area contributed by atoms with Gasteiger partial charge in [-0.05, 0) is 6.42 Å². The van der Waals surface area contributed by atoms with Crippen LogP contribution in [0.2, 0.25) is 0 Å². The molecule has 1 fully saturated rings. The van der Waals surface area contributed by atoms with E-state index in [0.717, 1.165) is 6.42 Å². The lowest BCUT2D eigenvalue weighted by Crippen LogP contribution is -2.63. The lowest BCUT2D eigenvalue weighted by molar-refractivity contribution is -0.138. The van der Waals surface area contributed by atoms with Gasteiger partial charge in [0, 0.05) is 31.4 Å². The van der Waals surface area contributed by atoms with Gasteiger partial charge in [-0.3, -0.25) is 4.79 Å². The lowest BCUT2D eigenvalue weighted by Gasteiger charge is -2.47. The van der Waals surface area contributed by atoms with Crippen LogP contribution >= 0.6 is 0 Å². The van der Waals surface area contributed by atoms with Gasteiger partial charge < -0.3 is 10.5 Å². The van der Waals surface area contributed by atoms with E-state index in [2.05, 4.69) is 6.58 Å². The molecular weight excluding hydrogens is 178 g/mol.